The van der Waals surface area contributed by atoms with Crippen molar-refractivity contribution in [2.24, 2.45) is 10.9 Å². The van der Waals surface area contributed by atoms with Gasteiger partial charge in [-0.05, 0) is 58.2 Å². The number of aromatic nitrogens is 3. The first-order valence-electron chi connectivity index (χ1n) is 9.91. The molecule has 26 heavy (non-hydrogen) atoms. The highest BCUT2D eigenvalue weighted by atomic mass is 127. The summed E-state index contributed by atoms with van der Waals surface area (Å²) in [4.78, 5) is 7.27. The van der Waals surface area contributed by atoms with Gasteiger partial charge >= 0.3 is 0 Å². The Bertz CT molecular complexity index is 564. The van der Waals surface area contributed by atoms with Crippen molar-refractivity contribution < 1.29 is 0 Å². The lowest BCUT2D eigenvalue weighted by atomic mass is 9.99. The second-order valence-corrected chi connectivity index (χ2v) is 7.29. The van der Waals surface area contributed by atoms with E-state index in [2.05, 4.69) is 49.1 Å². The molecule has 1 aromatic rings. The summed E-state index contributed by atoms with van der Waals surface area (Å²) < 4.78 is 2.21. The minimum Gasteiger partial charge on any atom is -0.357 e. The van der Waals surface area contributed by atoms with Gasteiger partial charge in [0.05, 0.1) is 0 Å². The highest BCUT2D eigenvalue weighted by Crippen LogP contribution is 2.16. The van der Waals surface area contributed by atoms with E-state index in [1.807, 2.05) is 0 Å². The minimum absolute atomic E-state index is 0. The first-order valence-corrected chi connectivity index (χ1v) is 9.91. The molecule has 0 spiro atoms. The summed E-state index contributed by atoms with van der Waals surface area (Å²) in [6.07, 6.45) is 6.07. The van der Waals surface area contributed by atoms with E-state index in [4.69, 9.17) is 0 Å². The predicted octanol–water partition coefficient (Wildman–Crippen LogP) is 2.02. The Hall–Kier alpha value is -0.900. The zero-order valence-corrected chi connectivity index (χ0v) is 18.5. The second-order valence-electron chi connectivity index (χ2n) is 7.29. The summed E-state index contributed by atoms with van der Waals surface area (Å²) in [7, 11) is 0. The van der Waals surface area contributed by atoms with Gasteiger partial charge < -0.3 is 20.1 Å². The van der Waals surface area contributed by atoms with Crippen LogP contribution in [0.5, 0.6) is 0 Å². The lowest BCUT2D eigenvalue weighted by Gasteiger charge is -2.30. The molecule has 1 saturated heterocycles. The van der Waals surface area contributed by atoms with Crippen LogP contribution in [0, 0.1) is 5.92 Å². The molecule has 3 rings (SSSR count). The number of fused-ring (bicyclic) bond motifs is 1. The maximum absolute atomic E-state index is 4.69. The van der Waals surface area contributed by atoms with Crippen LogP contribution in [-0.2, 0) is 19.5 Å². The van der Waals surface area contributed by atoms with Crippen molar-refractivity contribution in [3.05, 3.63) is 11.6 Å². The van der Waals surface area contributed by atoms with Gasteiger partial charge in [0.25, 0.3) is 0 Å². The Morgan fingerprint density at radius 2 is 2.00 bits per heavy atom. The Morgan fingerprint density at radius 3 is 2.77 bits per heavy atom. The molecule has 8 heteroatoms. The molecule has 0 amide bonds. The first kappa shape index (κ1) is 21.4. The molecule has 0 aliphatic carbocycles. The molecule has 0 bridgehead atoms. The minimum atomic E-state index is 0. The zero-order chi connectivity index (χ0) is 17.5. The number of nitrogens with one attached hydrogen (secondary N) is 2. The molecule has 1 fully saturated rings. The Kier molecular flexibility index (Phi) is 9.10. The molecular weight excluding hydrogens is 441 g/mol. The van der Waals surface area contributed by atoms with Gasteiger partial charge in [-0.1, -0.05) is 6.92 Å². The Balaban J connectivity index is 0.00000243. The van der Waals surface area contributed by atoms with Crippen molar-refractivity contribution in [2.45, 2.75) is 59.0 Å². The maximum atomic E-state index is 4.69. The summed E-state index contributed by atoms with van der Waals surface area (Å²) in [5.41, 5.74) is 0. The number of aliphatic imine (C=N–C) groups is 1. The number of guanidine groups is 1. The van der Waals surface area contributed by atoms with Gasteiger partial charge in [-0.15, -0.1) is 34.2 Å². The summed E-state index contributed by atoms with van der Waals surface area (Å²) in [5.74, 6) is 3.87. The SMILES string of the molecule is CCNC(=NCc1nnc2n1CCC2)NCCCN1CCC(C)CC1.I. The van der Waals surface area contributed by atoms with E-state index in [0.29, 0.717) is 6.54 Å². The fraction of sp³-hybridized carbons (Fsp3) is 0.833. The van der Waals surface area contributed by atoms with Crippen LogP contribution in [0.3, 0.4) is 0 Å². The van der Waals surface area contributed by atoms with E-state index in [-0.39, 0.29) is 24.0 Å². The summed E-state index contributed by atoms with van der Waals surface area (Å²) >= 11 is 0. The summed E-state index contributed by atoms with van der Waals surface area (Å²) in [6, 6.07) is 0. The smallest absolute Gasteiger partial charge is 0.191 e. The summed E-state index contributed by atoms with van der Waals surface area (Å²) in [5, 5.41) is 15.3. The van der Waals surface area contributed by atoms with Gasteiger partial charge in [0.15, 0.2) is 11.8 Å². The molecule has 1 aromatic heterocycles. The molecule has 148 valence electrons. The fourth-order valence-corrected chi connectivity index (χ4v) is 3.61. The van der Waals surface area contributed by atoms with Gasteiger partial charge in [-0.25, -0.2) is 4.99 Å². The second kappa shape index (κ2) is 11.1. The topological polar surface area (TPSA) is 70.4 Å². The maximum Gasteiger partial charge on any atom is 0.191 e. The lowest BCUT2D eigenvalue weighted by Crippen LogP contribution is -2.39. The Labute approximate surface area is 174 Å². The quantitative estimate of drug-likeness (QED) is 0.273. The molecule has 0 aromatic carbocycles. The largest absolute Gasteiger partial charge is 0.357 e. The molecular formula is C18H34IN7. The van der Waals surface area contributed by atoms with E-state index in [0.717, 1.165) is 56.0 Å². The predicted molar refractivity (Wildman–Crippen MR) is 116 cm³/mol. The number of piperidine rings is 1. The number of hydrogen-bond acceptors (Lipinski definition) is 4. The molecule has 2 aliphatic heterocycles. The third kappa shape index (κ3) is 6.07. The number of nitrogens with zero attached hydrogens (tertiary/aromatic N) is 5. The number of aryl methyl sites for hydroxylation is 1. The highest BCUT2D eigenvalue weighted by molar-refractivity contribution is 14.0. The fourth-order valence-electron chi connectivity index (χ4n) is 3.61. The van der Waals surface area contributed by atoms with E-state index < -0.39 is 0 Å². The van der Waals surface area contributed by atoms with Crippen LogP contribution in [0.15, 0.2) is 4.99 Å². The van der Waals surface area contributed by atoms with E-state index in [1.165, 1.54) is 38.9 Å². The van der Waals surface area contributed by atoms with E-state index >= 15 is 0 Å². The zero-order valence-electron chi connectivity index (χ0n) is 16.2. The third-order valence-corrected chi connectivity index (χ3v) is 5.23. The normalized spacial score (nSPS) is 18.5. The first-order chi connectivity index (χ1) is 12.3. The van der Waals surface area contributed by atoms with Crippen molar-refractivity contribution in [2.75, 3.05) is 32.7 Å². The average molecular weight is 475 g/mol. The summed E-state index contributed by atoms with van der Waals surface area (Å²) in [6.45, 7) is 11.6. The standard InChI is InChI=1S/C18H33N7.HI/c1-3-19-18(20-9-5-10-24-12-7-15(2)8-13-24)21-14-17-23-22-16-6-4-11-25(16)17;/h15H,3-14H2,1-2H3,(H2,19,20,21);1H. The van der Waals surface area contributed by atoms with Crippen LogP contribution in [0.1, 0.15) is 51.2 Å². The average Bonchev–Trinajstić information content (AvgIpc) is 3.22. The van der Waals surface area contributed by atoms with Gasteiger partial charge in [-0.2, -0.15) is 0 Å². The van der Waals surface area contributed by atoms with Crippen molar-refractivity contribution in [3.63, 3.8) is 0 Å². The van der Waals surface area contributed by atoms with Crippen LogP contribution in [0.4, 0.5) is 0 Å². The number of likely N-dealkylation sites (tertiary alicyclic amines) is 1. The van der Waals surface area contributed by atoms with Crippen LogP contribution in [0.25, 0.3) is 0 Å². The molecule has 2 aliphatic rings. The van der Waals surface area contributed by atoms with Gasteiger partial charge in [0, 0.05) is 26.1 Å². The molecule has 3 heterocycles. The van der Waals surface area contributed by atoms with Crippen molar-refractivity contribution in [1.82, 2.24) is 30.3 Å². The molecule has 0 saturated carbocycles. The van der Waals surface area contributed by atoms with Crippen LogP contribution < -0.4 is 10.6 Å². The van der Waals surface area contributed by atoms with Gasteiger partial charge in [-0.3, -0.25) is 0 Å². The lowest BCUT2D eigenvalue weighted by molar-refractivity contribution is 0.191. The van der Waals surface area contributed by atoms with Crippen LogP contribution >= 0.6 is 24.0 Å². The molecule has 2 N–H and O–H groups in total. The molecule has 0 unspecified atom stereocenters. The Morgan fingerprint density at radius 1 is 1.19 bits per heavy atom. The number of rotatable bonds is 7. The van der Waals surface area contributed by atoms with Crippen LogP contribution in [0.2, 0.25) is 0 Å². The number of halogens is 1. The van der Waals surface area contributed by atoms with Crippen molar-refractivity contribution >= 4 is 29.9 Å². The van der Waals surface area contributed by atoms with Crippen LogP contribution in [-0.4, -0.2) is 58.3 Å². The van der Waals surface area contributed by atoms with Crippen molar-refractivity contribution in [3.8, 4) is 0 Å². The molecule has 0 radical (unpaired) electrons. The van der Waals surface area contributed by atoms with Gasteiger partial charge in [0.1, 0.15) is 12.4 Å². The van der Waals surface area contributed by atoms with E-state index in [1.54, 1.807) is 0 Å². The van der Waals surface area contributed by atoms with Gasteiger partial charge in [0.2, 0.25) is 0 Å². The van der Waals surface area contributed by atoms with Crippen molar-refractivity contribution in [1.29, 1.82) is 0 Å². The third-order valence-electron chi connectivity index (χ3n) is 5.23. The highest BCUT2D eigenvalue weighted by Gasteiger charge is 2.17. The molecule has 0 atom stereocenters. The molecule has 7 nitrogen and oxygen atoms in total. The monoisotopic (exact) mass is 475 g/mol. The van der Waals surface area contributed by atoms with E-state index in [9.17, 15) is 0 Å². The number of hydrogen-bond donors (Lipinski definition) is 2.